The summed E-state index contributed by atoms with van der Waals surface area (Å²) < 4.78 is 37.4. The number of hydrogen-bond acceptors (Lipinski definition) is 6. The first-order valence-corrected chi connectivity index (χ1v) is 9.06. The SMILES string of the molecule is O=C(O)C(F)(F)F.c1ccc2oc(SCCCN3CCNCC3)nc2c1. The third kappa shape index (κ3) is 6.85. The van der Waals surface area contributed by atoms with E-state index in [1.54, 1.807) is 11.8 Å². The molecular formula is C16H20F3N3O3S. The Morgan fingerprint density at radius 1 is 1.31 bits per heavy atom. The lowest BCUT2D eigenvalue weighted by molar-refractivity contribution is -0.192. The molecule has 0 aliphatic carbocycles. The summed E-state index contributed by atoms with van der Waals surface area (Å²) in [6, 6.07) is 7.92. The zero-order chi connectivity index (χ0) is 19.0. The van der Waals surface area contributed by atoms with Gasteiger partial charge in [-0.2, -0.15) is 13.2 Å². The molecule has 1 aliphatic rings. The number of nitrogens with zero attached hydrogens (tertiary/aromatic N) is 2. The van der Waals surface area contributed by atoms with Crippen LogP contribution in [0.4, 0.5) is 13.2 Å². The van der Waals surface area contributed by atoms with Gasteiger partial charge in [-0.05, 0) is 25.1 Å². The molecule has 0 unspecified atom stereocenters. The number of fused-ring (bicyclic) bond motifs is 1. The van der Waals surface area contributed by atoms with E-state index in [4.69, 9.17) is 14.3 Å². The van der Waals surface area contributed by atoms with Crippen molar-refractivity contribution in [2.24, 2.45) is 0 Å². The summed E-state index contributed by atoms with van der Waals surface area (Å²) in [4.78, 5) is 15.9. The van der Waals surface area contributed by atoms with Crippen molar-refractivity contribution in [3.05, 3.63) is 24.3 Å². The Balaban J connectivity index is 0.000000298. The van der Waals surface area contributed by atoms with Crippen LogP contribution in [0.15, 0.2) is 33.9 Å². The number of carbonyl (C=O) groups is 1. The predicted octanol–water partition coefficient (Wildman–Crippen LogP) is 2.85. The largest absolute Gasteiger partial charge is 0.490 e. The van der Waals surface area contributed by atoms with Crippen LogP contribution in [0.1, 0.15) is 6.42 Å². The minimum absolute atomic E-state index is 0.793. The van der Waals surface area contributed by atoms with Crippen molar-refractivity contribution in [3.8, 4) is 0 Å². The third-order valence-corrected chi connectivity index (χ3v) is 4.48. The van der Waals surface area contributed by atoms with Crippen molar-refractivity contribution >= 4 is 28.8 Å². The molecular weight excluding hydrogens is 371 g/mol. The number of hydrogen-bond donors (Lipinski definition) is 2. The molecule has 2 heterocycles. The van der Waals surface area contributed by atoms with Crippen LogP contribution < -0.4 is 5.32 Å². The summed E-state index contributed by atoms with van der Waals surface area (Å²) in [5, 5.41) is 11.3. The zero-order valence-electron chi connectivity index (χ0n) is 14.0. The molecule has 1 saturated heterocycles. The van der Waals surface area contributed by atoms with Crippen LogP contribution in [-0.4, -0.2) is 65.6 Å². The topological polar surface area (TPSA) is 78.6 Å². The van der Waals surface area contributed by atoms with E-state index in [2.05, 4.69) is 15.2 Å². The number of thioether (sulfide) groups is 1. The summed E-state index contributed by atoms with van der Waals surface area (Å²) in [5.41, 5.74) is 1.83. The van der Waals surface area contributed by atoms with Crippen molar-refractivity contribution in [2.45, 2.75) is 17.8 Å². The molecule has 0 atom stereocenters. The van der Waals surface area contributed by atoms with E-state index in [0.717, 1.165) is 35.2 Å². The average molecular weight is 391 g/mol. The van der Waals surface area contributed by atoms with E-state index in [0.29, 0.717) is 0 Å². The van der Waals surface area contributed by atoms with Crippen molar-refractivity contribution in [1.82, 2.24) is 15.2 Å². The number of carboxylic acid groups (broad SMARTS) is 1. The molecule has 6 nitrogen and oxygen atoms in total. The van der Waals surface area contributed by atoms with E-state index in [9.17, 15) is 13.2 Å². The van der Waals surface area contributed by atoms with Crippen LogP contribution in [0.5, 0.6) is 0 Å². The van der Waals surface area contributed by atoms with Gasteiger partial charge in [-0.15, -0.1) is 0 Å². The molecule has 0 saturated carbocycles. The van der Waals surface area contributed by atoms with Crippen molar-refractivity contribution in [2.75, 3.05) is 38.5 Å². The van der Waals surface area contributed by atoms with E-state index in [-0.39, 0.29) is 0 Å². The van der Waals surface area contributed by atoms with Gasteiger partial charge in [-0.1, -0.05) is 23.9 Å². The Kier molecular flexibility index (Phi) is 7.73. The Bertz CT molecular complexity index is 670. The van der Waals surface area contributed by atoms with E-state index >= 15 is 0 Å². The maximum Gasteiger partial charge on any atom is 0.490 e. The number of aromatic nitrogens is 1. The number of para-hydroxylation sites is 2. The second-order valence-corrected chi connectivity index (χ2v) is 6.59. The van der Waals surface area contributed by atoms with E-state index < -0.39 is 12.1 Å². The Morgan fingerprint density at radius 2 is 1.96 bits per heavy atom. The number of halogens is 3. The number of oxazole rings is 1. The summed E-state index contributed by atoms with van der Waals surface area (Å²) >= 11 is 1.71. The number of piperazine rings is 1. The Hall–Kier alpha value is -1.78. The molecule has 1 fully saturated rings. The van der Waals surface area contributed by atoms with Crippen LogP contribution in [0.3, 0.4) is 0 Å². The van der Waals surface area contributed by atoms with Gasteiger partial charge < -0.3 is 19.7 Å². The standard InChI is InChI=1S/C14H19N3OS.C2HF3O2/c1-2-5-13-12(4-1)16-14(18-13)19-11-3-8-17-9-6-15-7-10-17;3-2(4,5)1(6)7/h1-2,4-5,15H,3,6-11H2;(H,6,7). The maximum absolute atomic E-state index is 10.6. The molecule has 1 aromatic heterocycles. The van der Waals surface area contributed by atoms with Gasteiger partial charge in [-0.25, -0.2) is 9.78 Å². The lowest BCUT2D eigenvalue weighted by atomic mass is 10.3. The summed E-state index contributed by atoms with van der Waals surface area (Å²) in [6.45, 7) is 5.77. The highest BCUT2D eigenvalue weighted by atomic mass is 32.2. The average Bonchev–Trinajstić information content (AvgIpc) is 3.02. The molecule has 144 valence electrons. The number of aliphatic carboxylic acids is 1. The quantitative estimate of drug-likeness (QED) is 0.599. The fraction of sp³-hybridized carbons (Fsp3) is 0.500. The lowest BCUT2D eigenvalue weighted by Crippen LogP contribution is -2.43. The molecule has 0 spiro atoms. The fourth-order valence-corrected chi connectivity index (χ4v) is 3.05. The molecule has 1 aromatic carbocycles. The number of alkyl halides is 3. The highest BCUT2D eigenvalue weighted by molar-refractivity contribution is 7.99. The fourth-order valence-electron chi connectivity index (χ4n) is 2.30. The highest BCUT2D eigenvalue weighted by Gasteiger charge is 2.38. The van der Waals surface area contributed by atoms with Gasteiger partial charge in [0.05, 0.1) is 0 Å². The molecule has 2 aromatic rings. The van der Waals surface area contributed by atoms with Crippen LogP contribution in [-0.2, 0) is 4.79 Å². The Morgan fingerprint density at radius 3 is 2.58 bits per heavy atom. The molecule has 3 rings (SSSR count). The van der Waals surface area contributed by atoms with Crippen LogP contribution >= 0.6 is 11.8 Å². The second kappa shape index (κ2) is 9.79. The summed E-state index contributed by atoms with van der Waals surface area (Å²) in [5.74, 6) is -1.69. The van der Waals surface area contributed by atoms with E-state index in [1.165, 1.54) is 26.1 Å². The molecule has 2 N–H and O–H groups in total. The number of nitrogens with one attached hydrogen (secondary N) is 1. The first kappa shape index (κ1) is 20.5. The normalized spacial score (nSPS) is 15.5. The van der Waals surface area contributed by atoms with Crippen molar-refractivity contribution < 1.29 is 27.5 Å². The van der Waals surface area contributed by atoms with Gasteiger partial charge in [0.15, 0.2) is 5.58 Å². The summed E-state index contributed by atoms with van der Waals surface area (Å²) in [6.07, 6.45) is -3.90. The lowest BCUT2D eigenvalue weighted by Gasteiger charge is -2.26. The first-order chi connectivity index (χ1) is 12.4. The van der Waals surface area contributed by atoms with Gasteiger partial charge in [0, 0.05) is 31.9 Å². The number of carboxylic acids is 1. The number of rotatable bonds is 5. The smallest absolute Gasteiger partial charge is 0.475 e. The molecule has 10 heteroatoms. The number of benzene rings is 1. The minimum atomic E-state index is -5.08. The molecule has 0 amide bonds. The predicted molar refractivity (Wildman–Crippen MR) is 92.4 cm³/mol. The molecule has 0 radical (unpaired) electrons. The zero-order valence-corrected chi connectivity index (χ0v) is 14.8. The highest BCUT2D eigenvalue weighted by Crippen LogP contribution is 2.23. The van der Waals surface area contributed by atoms with Crippen LogP contribution in [0.2, 0.25) is 0 Å². The van der Waals surface area contributed by atoms with Gasteiger partial charge in [0.1, 0.15) is 5.52 Å². The molecule has 0 bridgehead atoms. The minimum Gasteiger partial charge on any atom is -0.475 e. The Labute approximate surface area is 152 Å². The van der Waals surface area contributed by atoms with Gasteiger partial charge in [-0.3, -0.25) is 0 Å². The first-order valence-electron chi connectivity index (χ1n) is 8.08. The van der Waals surface area contributed by atoms with Gasteiger partial charge in [0.2, 0.25) is 0 Å². The summed E-state index contributed by atoms with van der Waals surface area (Å²) in [7, 11) is 0. The second-order valence-electron chi connectivity index (χ2n) is 5.54. The maximum atomic E-state index is 10.6. The van der Waals surface area contributed by atoms with Gasteiger partial charge in [0.25, 0.3) is 5.22 Å². The van der Waals surface area contributed by atoms with Gasteiger partial charge >= 0.3 is 12.1 Å². The molecule has 1 aliphatic heterocycles. The third-order valence-electron chi connectivity index (χ3n) is 3.57. The van der Waals surface area contributed by atoms with Crippen LogP contribution in [0.25, 0.3) is 11.1 Å². The monoisotopic (exact) mass is 391 g/mol. The molecule has 26 heavy (non-hydrogen) atoms. The van der Waals surface area contributed by atoms with Crippen LogP contribution in [0, 0.1) is 0 Å². The van der Waals surface area contributed by atoms with E-state index in [1.807, 2.05) is 24.3 Å². The van der Waals surface area contributed by atoms with Crippen molar-refractivity contribution in [3.63, 3.8) is 0 Å². The van der Waals surface area contributed by atoms with Crippen molar-refractivity contribution in [1.29, 1.82) is 0 Å².